The number of carbonyl (C=O) groups excluding carboxylic acids is 1. The van der Waals surface area contributed by atoms with Crippen molar-refractivity contribution in [1.82, 2.24) is 0 Å². The zero-order chi connectivity index (χ0) is 22.9. The molecule has 2 rings (SSSR count). The zero-order valence-electron chi connectivity index (χ0n) is 19.8. The quantitative estimate of drug-likeness (QED) is 0.117. The van der Waals surface area contributed by atoms with Gasteiger partial charge in [-0.2, -0.15) is 0 Å². The molecular weight excluding hydrogens is 400 g/mol. The molecule has 0 radical (unpaired) electrons. The first kappa shape index (κ1) is 26.1. The lowest BCUT2D eigenvalue weighted by Crippen LogP contribution is -2.09. The molecule has 0 bridgehead atoms. The number of unbranched alkanes of at least 4 members (excludes halogenated alkanes) is 4. The Balaban J connectivity index is 1.75. The molecule has 1 heterocycles. The fourth-order valence-electron chi connectivity index (χ4n) is 3.40. The Morgan fingerprint density at radius 1 is 1.06 bits per heavy atom. The highest BCUT2D eigenvalue weighted by Crippen LogP contribution is 2.27. The van der Waals surface area contributed by atoms with Crippen LogP contribution in [0.3, 0.4) is 0 Å². The molecule has 1 aromatic rings. The van der Waals surface area contributed by atoms with Crippen LogP contribution in [-0.4, -0.2) is 31.4 Å². The van der Waals surface area contributed by atoms with Gasteiger partial charge in [-0.1, -0.05) is 86.6 Å². The highest BCUT2D eigenvalue weighted by Gasteiger charge is 2.35. The van der Waals surface area contributed by atoms with Crippen molar-refractivity contribution >= 4 is 5.97 Å². The molecule has 0 aliphatic carbocycles. The van der Waals surface area contributed by atoms with Gasteiger partial charge in [-0.25, -0.2) is 0 Å². The molecular formula is C28H40O4. The maximum absolute atomic E-state index is 11.2. The predicted molar refractivity (Wildman–Crippen MR) is 130 cm³/mol. The molecule has 0 saturated carbocycles. The summed E-state index contributed by atoms with van der Waals surface area (Å²) < 4.78 is 16.6. The van der Waals surface area contributed by atoms with E-state index in [-0.39, 0.29) is 18.2 Å². The van der Waals surface area contributed by atoms with E-state index in [1.807, 2.05) is 18.2 Å². The van der Waals surface area contributed by atoms with E-state index < -0.39 is 0 Å². The standard InChI is InChI=1S/C28H40O4/c1-3-4-5-6-7-14-19-26-27(32-26)22-21-25(31-23-24-16-11-10-12-17-24)18-13-8-9-15-20-28(29)30-2/h7-8,10-14,16-17,21-22,25-27H,3-6,9,15,18-20,23H2,1-2H3/b13-8-,14-7-,22-21+/t25?,26-,27-/m1/s1. The highest BCUT2D eigenvalue weighted by molar-refractivity contribution is 5.69. The van der Waals surface area contributed by atoms with Crippen LogP contribution < -0.4 is 0 Å². The van der Waals surface area contributed by atoms with Gasteiger partial charge in [0.25, 0.3) is 0 Å². The van der Waals surface area contributed by atoms with Gasteiger partial charge >= 0.3 is 5.97 Å². The third-order valence-corrected chi connectivity index (χ3v) is 5.47. The second-order valence-electron chi connectivity index (χ2n) is 8.24. The topological polar surface area (TPSA) is 48.1 Å². The van der Waals surface area contributed by atoms with Gasteiger partial charge in [-0.15, -0.1) is 0 Å². The van der Waals surface area contributed by atoms with Gasteiger partial charge in [-0.3, -0.25) is 4.79 Å². The summed E-state index contributed by atoms with van der Waals surface area (Å²) in [5.74, 6) is -0.153. The van der Waals surface area contributed by atoms with Crippen LogP contribution in [0, 0.1) is 0 Å². The molecule has 1 fully saturated rings. The fraction of sp³-hybridized carbons (Fsp3) is 0.536. The summed E-state index contributed by atoms with van der Waals surface area (Å²) in [6.07, 6.45) is 22.5. The predicted octanol–water partition coefficient (Wildman–Crippen LogP) is 6.71. The molecule has 0 aromatic heterocycles. The first-order valence-electron chi connectivity index (χ1n) is 12.1. The van der Waals surface area contributed by atoms with Crippen molar-refractivity contribution < 1.29 is 19.0 Å². The number of epoxide rings is 1. The number of methoxy groups -OCH3 is 1. The normalized spacial score (nSPS) is 19.2. The molecule has 1 unspecified atom stereocenters. The first-order chi connectivity index (χ1) is 15.7. The van der Waals surface area contributed by atoms with E-state index in [0.29, 0.717) is 19.1 Å². The van der Waals surface area contributed by atoms with Gasteiger partial charge < -0.3 is 14.2 Å². The van der Waals surface area contributed by atoms with Gasteiger partial charge in [0.05, 0.1) is 25.9 Å². The first-order valence-corrected chi connectivity index (χ1v) is 12.1. The van der Waals surface area contributed by atoms with Gasteiger partial charge in [0.15, 0.2) is 0 Å². The number of ether oxygens (including phenoxy) is 3. The Labute approximate surface area is 194 Å². The van der Waals surface area contributed by atoms with E-state index in [9.17, 15) is 4.79 Å². The van der Waals surface area contributed by atoms with Crippen LogP contribution in [0.25, 0.3) is 0 Å². The Bertz CT molecular complexity index is 707. The molecule has 1 aliphatic rings. The van der Waals surface area contributed by atoms with Crippen molar-refractivity contribution in [3.05, 3.63) is 72.4 Å². The SMILES string of the molecule is CCCCC/C=C\C[C@H]1O[C@@H]1/C=C/C(C/C=C\CCCC(=O)OC)OCc1ccccc1. The van der Waals surface area contributed by atoms with Gasteiger partial charge in [0.2, 0.25) is 0 Å². The third-order valence-electron chi connectivity index (χ3n) is 5.47. The number of benzene rings is 1. The van der Waals surface area contributed by atoms with E-state index in [1.54, 1.807) is 0 Å². The second kappa shape index (κ2) is 16.5. The van der Waals surface area contributed by atoms with Crippen LogP contribution in [0.5, 0.6) is 0 Å². The molecule has 4 heteroatoms. The minimum Gasteiger partial charge on any atom is -0.469 e. The zero-order valence-corrected chi connectivity index (χ0v) is 19.8. The van der Waals surface area contributed by atoms with Crippen molar-refractivity contribution in [1.29, 1.82) is 0 Å². The molecule has 0 N–H and O–H groups in total. The van der Waals surface area contributed by atoms with Crippen molar-refractivity contribution in [3.63, 3.8) is 0 Å². The van der Waals surface area contributed by atoms with E-state index in [1.165, 1.54) is 38.4 Å². The largest absolute Gasteiger partial charge is 0.469 e. The summed E-state index contributed by atoms with van der Waals surface area (Å²) in [5.41, 5.74) is 1.17. The summed E-state index contributed by atoms with van der Waals surface area (Å²) >= 11 is 0. The Morgan fingerprint density at radius 2 is 1.84 bits per heavy atom. The van der Waals surface area contributed by atoms with Crippen LogP contribution in [0.2, 0.25) is 0 Å². The second-order valence-corrected chi connectivity index (χ2v) is 8.24. The van der Waals surface area contributed by atoms with Crippen LogP contribution in [-0.2, 0) is 25.6 Å². The fourth-order valence-corrected chi connectivity index (χ4v) is 3.40. The Morgan fingerprint density at radius 3 is 2.62 bits per heavy atom. The molecule has 1 saturated heterocycles. The average molecular weight is 441 g/mol. The molecule has 1 aliphatic heterocycles. The molecule has 0 amide bonds. The monoisotopic (exact) mass is 440 g/mol. The number of hydrogen-bond donors (Lipinski definition) is 0. The maximum Gasteiger partial charge on any atom is 0.305 e. The number of allylic oxidation sites excluding steroid dienone is 2. The minimum atomic E-state index is -0.153. The van der Waals surface area contributed by atoms with Crippen molar-refractivity contribution in [2.24, 2.45) is 0 Å². The molecule has 4 nitrogen and oxygen atoms in total. The minimum absolute atomic E-state index is 0.00139. The maximum atomic E-state index is 11.2. The number of carbonyl (C=O) groups is 1. The Hall–Kier alpha value is -2.17. The van der Waals surface area contributed by atoms with Crippen molar-refractivity contribution in [2.45, 2.75) is 89.6 Å². The van der Waals surface area contributed by atoms with Gasteiger partial charge in [0.1, 0.15) is 6.10 Å². The molecule has 176 valence electrons. The summed E-state index contributed by atoms with van der Waals surface area (Å²) in [4.78, 5) is 11.2. The molecule has 0 spiro atoms. The summed E-state index contributed by atoms with van der Waals surface area (Å²) in [5, 5.41) is 0. The van der Waals surface area contributed by atoms with E-state index >= 15 is 0 Å². The van der Waals surface area contributed by atoms with Crippen molar-refractivity contribution in [2.75, 3.05) is 7.11 Å². The summed E-state index contributed by atoms with van der Waals surface area (Å²) in [6, 6.07) is 10.2. The summed E-state index contributed by atoms with van der Waals surface area (Å²) in [6.45, 7) is 2.82. The third kappa shape index (κ3) is 12.0. The number of hydrogen-bond acceptors (Lipinski definition) is 4. The van der Waals surface area contributed by atoms with Crippen LogP contribution in [0.4, 0.5) is 0 Å². The average Bonchev–Trinajstić information content (AvgIpc) is 3.58. The lowest BCUT2D eigenvalue weighted by atomic mass is 10.1. The van der Waals surface area contributed by atoms with Crippen LogP contribution in [0.15, 0.2) is 66.8 Å². The number of esters is 1. The van der Waals surface area contributed by atoms with Crippen LogP contribution >= 0.6 is 0 Å². The molecule has 32 heavy (non-hydrogen) atoms. The van der Waals surface area contributed by atoms with Crippen molar-refractivity contribution in [3.8, 4) is 0 Å². The molecule has 1 aromatic carbocycles. The smallest absolute Gasteiger partial charge is 0.305 e. The summed E-state index contributed by atoms with van der Waals surface area (Å²) in [7, 11) is 1.43. The lowest BCUT2D eigenvalue weighted by Gasteiger charge is -2.12. The Kier molecular flexibility index (Phi) is 13.4. The lowest BCUT2D eigenvalue weighted by molar-refractivity contribution is -0.140. The van der Waals surface area contributed by atoms with E-state index in [4.69, 9.17) is 9.47 Å². The van der Waals surface area contributed by atoms with E-state index in [0.717, 1.165) is 25.7 Å². The molecule has 3 atom stereocenters. The number of rotatable bonds is 17. The van der Waals surface area contributed by atoms with Crippen LogP contribution in [0.1, 0.15) is 70.3 Å². The van der Waals surface area contributed by atoms with Gasteiger partial charge in [0, 0.05) is 6.42 Å². The highest BCUT2D eigenvalue weighted by atomic mass is 16.6. The van der Waals surface area contributed by atoms with Gasteiger partial charge in [-0.05, 0) is 44.1 Å². The van der Waals surface area contributed by atoms with E-state index in [2.05, 4.69) is 60.2 Å².